The number of carbonyl (C=O) groups excluding carboxylic acids is 1. The van der Waals surface area contributed by atoms with Gasteiger partial charge in [0.2, 0.25) is 0 Å². The second-order valence-electron chi connectivity index (χ2n) is 5.86. The molecule has 0 radical (unpaired) electrons. The Kier molecular flexibility index (Phi) is 6.75. The Morgan fingerprint density at radius 1 is 1.24 bits per heavy atom. The number of aliphatic hydroxyl groups is 1. The highest BCUT2D eigenvalue weighted by molar-refractivity contribution is 9.10. The first-order valence-corrected chi connectivity index (χ1v) is 9.07. The van der Waals surface area contributed by atoms with Crippen LogP contribution in [0.5, 0.6) is 5.75 Å². The van der Waals surface area contributed by atoms with Crippen LogP contribution in [0.25, 0.3) is 0 Å². The van der Waals surface area contributed by atoms with Crippen LogP contribution in [0.3, 0.4) is 0 Å². The third-order valence-electron chi connectivity index (χ3n) is 3.18. The van der Waals surface area contributed by atoms with Crippen LogP contribution in [0, 0.1) is 0 Å². The fourth-order valence-corrected chi connectivity index (χ4v) is 2.66. The summed E-state index contributed by atoms with van der Waals surface area (Å²) < 4.78 is 7.71. The maximum atomic E-state index is 11.6. The van der Waals surface area contributed by atoms with Gasteiger partial charge < -0.3 is 9.84 Å². The monoisotopic (exact) mass is 468 g/mol. The molecule has 0 saturated heterocycles. The summed E-state index contributed by atoms with van der Waals surface area (Å²) >= 11 is 6.84. The summed E-state index contributed by atoms with van der Waals surface area (Å²) in [5, 5.41) is 13.5. The Morgan fingerprint density at radius 3 is 2.64 bits per heavy atom. The molecule has 2 N–H and O–H groups in total. The first-order valence-electron chi connectivity index (χ1n) is 7.48. The van der Waals surface area contributed by atoms with Crippen LogP contribution in [0.15, 0.2) is 56.5 Å². The van der Waals surface area contributed by atoms with Gasteiger partial charge >= 0.3 is 0 Å². The predicted octanol–water partition coefficient (Wildman–Crippen LogP) is 4.01. The molecule has 132 valence electrons. The average molecular weight is 470 g/mol. The first kappa shape index (κ1) is 19.6. The van der Waals surface area contributed by atoms with Gasteiger partial charge in [-0.05, 0) is 49.7 Å². The standard InChI is InChI=1S/C18H18Br2N2O3/c1-18(2,24)17(23)22-21-10-13-9-15(20)6-7-16(13)25-11-12-4-3-5-14(19)8-12/h3-10,24H,11H2,1-2H3,(H,22,23)/b21-10+. The van der Waals surface area contributed by atoms with Crippen molar-refractivity contribution in [3.63, 3.8) is 0 Å². The van der Waals surface area contributed by atoms with E-state index in [9.17, 15) is 9.90 Å². The summed E-state index contributed by atoms with van der Waals surface area (Å²) in [6.45, 7) is 3.19. The third-order valence-corrected chi connectivity index (χ3v) is 4.17. The van der Waals surface area contributed by atoms with Crippen molar-refractivity contribution < 1.29 is 14.6 Å². The molecular weight excluding hydrogens is 452 g/mol. The molecule has 0 heterocycles. The lowest BCUT2D eigenvalue weighted by Crippen LogP contribution is -2.39. The van der Waals surface area contributed by atoms with Gasteiger partial charge in [-0.2, -0.15) is 5.10 Å². The molecule has 5 nitrogen and oxygen atoms in total. The number of nitrogens with zero attached hydrogens (tertiary/aromatic N) is 1. The SMILES string of the molecule is CC(C)(O)C(=O)N/N=C/c1cc(Br)ccc1OCc1cccc(Br)c1. The Balaban J connectivity index is 2.10. The van der Waals surface area contributed by atoms with E-state index < -0.39 is 11.5 Å². The van der Waals surface area contributed by atoms with Gasteiger partial charge in [-0.1, -0.05) is 44.0 Å². The molecule has 2 aromatic rings. The zero-order chi connectivity index (χ0) is 18.4. The summed E-state index contributed by atoms with van der Waals surface area (Å²) in [6, 6.07) is 13.4. The number of hydrogen-bond donors (Lipinski definition) is 2. The van der Waals surface area contributed by atoms with Crippen molar-refractivity contribution in [3.05, 3.63) is 62.5 Å². The molecular formula is C18H18Br2N2O3. The predicted molar refractivity (Wildman–Crippen MR) is 105 cm³/mol. The van der Waals surface area contributed by atoms with Crippen molar-refractivity contribution in [2.24, 2.45) is 5.10 Å². The number of hydrazone groups is 1. The minimum Gasteiger partial charge on any atom is -0.488 e. The first-order chi connectivity index (χ1) is 11.8. The van der Waals surface area contributed by atoms with Crippen LogP contribution in [0.4, 0.5) is 0 Å². The zero-order valence-corrected chi connectivity index (χ0v) is 17.0. The Bertz CT molecular complexity index is 786. The molecule has 0 unspecified atom stereocenters. The van der Waals surface area contributed by atoms with Crippen LogP contribution in [-0.2, 0) is 11.4 Å². The number of carbonyl (C=O) groups is 1. The highest BCUT2D eigenvalue weighted by Crippen LogP contribution is 2.23. The number of nitrogens with one attached hydrogen (secondary N) is 1. The van der Waals surface area contributed by atoms with Crippen molar-refractivity contribution in [1.29, 1.82) is 0 Å². The van der Waals surface area contributed by atoms with Gasteiger partial charge in [-0.25, -0.2) is 5.43 Å². The number of benzene rings is 2. The fraction of sp³-hybridized carbons (Fsp3) is 0.222. The molecule has 2 aromatic carbocycles. The molecule has 0 spiro atoms. The van der Waals surface area contributed by atoms with Gasteiger partial charge in [0.05, 0.1) is 6.21 Å². The molecule has 2 rings (SSSR count). The highest BCUT2D eigenvalue weighted by Gasteiger charge is 2.22. The second-order valence-corrected chi connectivity index (χ2v) is 7.69. The second kappa shape index (κ2) is 8.60. The smallest absolute Gasteiger partial charge is 0.271 e. The third kappa shape index (κ3) is 6.26. The van der Waals surface area contributed by atoms with E-state index in [0.29, 0.717) is 17.9 Å². The van der Waals surface area contributed by atoms with Gasteiger partial charge in [0.1, 0.15) is 18.0 Å². The van der Waals surface area contributed by atoms with E-state index >= 15 is 0 Å². The maximum absolute atomic E-state index is 11.6. The molecule has 7 heteroatoms. The minimum absolute atomic E-state index is 0.401. The van der Waals surface area contributed by atoms with Crippen molar-refractivity contribution in [2.75, 3.05) is 0 Å². The lowest BCUT2D eigenvalue weighted by Gasteiger charge is -2.14. The maximum Gasteiger partial charge on any atom is 0.271 e. The Labute approximate surface area is 163 Å². The number of ether oxygens (including phenoxy) is 1. The molecule has 0 aliphatic heterocycles. The van der Waals surface area contributed by atoms with Gasteiger partial charge in [0, 0.05) is 14.5 Å². The number of hydrogen-bond acceptors (Lipinski definition) is 4. The normalized spacial score (nSPS) is 11.6. The summed E-state index contributed by atoms with van der Waals surface area (Å²) in [4.78, 5) is 11.6. The molecule has 0 atom stereocenters. The zero-order valence-electron chi connectivity index (χ0n) is 13.8. The number of halogens is 2. The van der Waals surface area contributed by atoms with Gasteiger partial charge in [-0.3, -0.25) is 4.79 Å². The summed E-state index contributed by atoms with van der Waals surface area (Å²) in [5.41, 5.74) is 2.53. The van der Waals surface area contributed by atoms with Crippen LogP contribution in [0.1, 0.15) is 25.0 Å². The summed E-state index contributed by atoms with van der Waals surface area (Å²) in [5.74, 6) is 0.0415. The van der Waals surface area contributed by atoms with Crippen LogP contribution >= 0.6 is 31.9 Å². The molecule has 0 aliphatic rings. The van der Waals surface area contributed by atoms with Crippen LogP contribution < -0.4 is 10.2 Å². The highest BCUT2D eigenvalue weighted by atomic mass is 79.9. The molecule has 0 bridgehead atoms. The van der Waals surface area contributed by atoms with E-state index in [2.05, 4.69) is 42.4 Å². The molecule has 0 aliphatic carbocycles. The molecule has 0 saturated carbocycles. The lowest BCUT2D eigenvalue weighted by atomic mass is 10.1. The van der Waals surface area contributed by atoms with Crippen molar-refractivity contribution in [2.45, 2.75) is 26.1 Å². The van der Waals surface area contributed by atoms with E-state index in [0.717, 1.165) is 14.5 Å². The molecule has 1 amide bonds. The van der Waals surface area contributed by atoms with E-state index in [4.69, 9.17) is 4.74 Å². The lowest BCUT2D eigenvalue weighted by molar-refractivity contribution is -0.136. The molecule has 0 aromatic heterocycles. The average Bonchev–Trinajstić information content (AvgIpc) is 2.53. The topological polar surface area (TPSA) is 70.9 Å². The van der Waals surface area contributed by atoms with Crippen molar-refractivity contribution >= 4 is 44.0 Å². The van der Waals surface area contributed by atoms with E-state index in [-0.39, 0.29) is 0 Å². The Hall–Kier alpha value is -1.70. The Morgan fingerprint density at radius 2 is 1.96 bits per heavy atom. The minimum atomic E-state index is -1.49. The largest absolute Gasteiger partial charge is 0.488 e. The van der Waals surface area contributed by atoms with Gasteiger partial charge in [-0.15, -0.1) is 0 Å². The van der Waals surface area contributed by atoms with Crippen LogP contribution in [0.2, 0.25) is 0 Å². The number of rotatable bonds is 6. The van der Waals surface area contributed by atoms with Crippen molar-refractivity contribution in [1.82, 2.24) is 5.43 Å². The van der Waals surface area contributed by atoms with Gasteiger partial charge in [0.15, 0.2) is 0 Å². The summed E-state index contributed by atoms with van der Waals surface area (Å²) in [6.07, 6.45) is 1.48. The molecule has 25 heavy (non-hydrogen) atoms. The van der Waals surface area contributed by atoms with E-state index in [1.54, 1.807) is 0 Å². The quantitative estimate of drug-likeness (QED) is 0.496. The van der Waals surface area contributed by atoms with Crippen LogP contribution in [-0.4, -0.2) is 22.8 Å². The van der Waals surface area contributed by atoms with E-state index in [1.165, 1.54) is 20.1 Å². The molecule has 0 fully saturated rings. The summed E-state index contributed by atoms with van der Waals surface area (Å²) in [7, 11) is 0. The number of amides is 1. The van der Waals surface area contributed by atoms with Crippen molar-refractivity contribution in [3.8, 4) is 5.75 Å². The fourth-order valence-electron chi connectivity index (χ4n) is 1.84. The van der Waals surface area contributed by atoms with Gasteiger partial charge in [0.25, 0.3) is 5.91 Å². The van der Waals surface area contributed by atoms with E-state index in [1.807, 2.05) is 42.5 Å².